The van der Waals surface area contributed by atoms with Crippen LogP contribution in [0.4, 0.5) is 4.79 Å². The van der Waals surface area contributed by atoms with Crippen molar-refractivity contribution in [2.45, 2.75) is 58.2 Å². The lowest BCUT2D eigenvalue weighted by atomic mass is 9.92. The number of rotatable bonds is 3. The molecule has 0 spiro atoms. The summed E-state index contributed by atoms with van der Waals surface area (Å²) in [5.41, 5.74) is 0. The predicted octanol–water partition coefficient (Wildman–Crippen LogP) is 1.62. The van der Waals surface area contributed by atoms with Crippen LogP contribution >= 0.6 is 0 Å². The number of aliphatic hydroxyl groups excluding tert-OH is 1. The first-order valence-corrected chi connectivity index (χ1v) is 8.37. The Labute approximate surface area is 132 Å². The predicted molar refractivity (Wildman–Crippen MR) is 82.4 cm³/mol. The highest BCUT2D eigenvalue weighted by Crippen LogP contribution is 2.23. The van der Waals surface area contributed by atoms with Crippen molar-refractivity contribution in [3.63, 3.8) is 0 Å². The van der Waals surface area contributed by atoms with Crippen molar-refractivity contribution in [2.24, 2.45) is 5.92 Å². The van der Waals surface area contributed by atoms with Crippen LogP contribution in [0.1, 0.15) is 46.0 Å². The van der Waals surface area contributed by atoms with Gasteiger partial charge in [-0.05, 0) is 45.4 Å². The molecule has 0 aromatic carbocycles. The molecule has 2 fully saturated rings. The smallest absolute Gasteiger partial charge is 0.410 e. The lowest BCUT2D eigenvalue weighted by Gasteiger charge is -2.34. The lowest BCUT2D eigenvalue weighted by Crippen LogP contribution is -2.43. The first-order chi connectivity index (χ1) is 10.5. The molecule has 0 aromatic heterocycles. The maximum atomic E-state index is 12.3. The highest BCUT2D eigenvalue weighted by Gasteiger charge is 2.28. The Morgan fingerprint density at radius 1 is 1.05 bits per heavy atom. The van der Waals surface area contributed by atoms with Gasteiger partial charge in [-0.1, -0.05) is 0 Å². The maximum absolute atomic E-state index is 12.3. The normalized spacial score (nSPS) is 21.3. The molecule has 2 aliphatic rings. The third-order valence-electron chi connectivity index (χ3n) is 4.49. The first kappa shape index (κ1) is 17.1. The Morgan fingerprint density at radius 2 is 1.59 bits per heavy atom. The second kappa shape index (κ2) is 7.81. The van der Waals surface area contributed by atoms with E-state index in [0.29, 0.717) is 51.4 Å². The minimum absolute atomic E-state index is 0.0961. The third-order valence-corrected chi connectivity index (χ3v) is 4.49. The fourth-order valence-corrected chi connectivity index (χ4v) is 3.09. The zero-order valence-electron chi connectivity index (χ0n) is 13.7. The van der Waals surface area contributed by atoms with E-state index in [-0.39, 0.29) is 24.2 Å². The molecule has 2 amide bonds. The summed E-state index contributed by atoms with van der Waals surface area (Å²) in [5, 5.41) is 9.49. The summed E-state index contributed by atoms with van der Waals surface area (Å²) in [6.07, 6.45) is 3.05. The van der Waals surface area contributed by atoms with Gasteiger partial charge in [-0.3, -0.25) is 4.79 Å². The van der Waals surface area contributed by atoms with Crippen LogP contribution in [0, 0.1) is 5.92 Å². The van der Waals surface area contributed by atoms with Gasteiger partial charge in [0.1, 0.15) is 0 Å². The van der Waals surface area contributed by atoms with E-state index in [1.165, 1.54) is 0 Å². The fraction of sp³-hybridized carbons (Fsp3) is 0.875. The standard InChI is InChI=1S/C16H28N2O4/c1-12(2)22-16(21)18-7-3-13(4-8-18)11-15(20)17-9-5-14(19)6-10-17/h12-14,19H,3-11H2,1-2H3. The van der Waals surface area contributed by atoms with E-state index < -0.39 is 0 Å². The number of nitrogens with zero attached hydrogens (tertiary/aromatic N) is 2. The van der Waals surface area contributed by atoms with Crippen molar-refractivity contribution in [3.8, 4) is 0 Å². The molecule has 6 nitrogen and oxygen atoms in total. The molecular formula is C16H28N2O4. The van der Waals surface area contributed by atoms with E-state index >= 15 is 0 Å². The summed E-state index contributed by atoms with van der Waals surface area (Å²) in [6.45, 7) is 6.36. The molecule has 0 unspecified atom stereocenters. The van der Waals surface area contributed by atoms with Crippen LogP contribution in [0.25, 0.3) is 0 Å². The molecule has 0 saturated carbocycles. The molecule has 6 heteroatoms. The number of amides is 2. The molecular weight excluding hydrogens is 284 g/mol. The maximum Gasteiger partial charge on any atom is 0.410 e. The second-order valence-corrected chi connectivity index (χ2v) is 6.68. The minimum Gasteiger partial charge on any atom is -0.447 e. The van der Waals surface area contributed by atoms with Gasteiger partial charge >= 0.3 is 6.09 Å². The van der Waals surface area contributed by atoms with Crippen molar-refractivity contribution in [2.75, 3.05) is 26.2 Å². The molecule has 2 saturated heterocycles. The Balaban J connectivity index is 1.71. The Bertz CT molecular complexity index is 384. The topological polar surface area (TPSA) is 70.1 Å². The zero-order chi connectivity index (χ0) is 16.1. The van der Waals surface area contributed by atoms with Gasteiger partial charge < -0.3 is 19.6 Å². The monoisotopic (exact) mass is 312 g/mol. The average molecular weight is 312 g/mol. The molecule has 0 aromatic rings. The number of aliphatic hydroxyl groups is 1. The van der Waals surface area contributed by atoms with Gasteiger partial charge in [0.2, 0.25) is 5.91 Å². The molecule has 0 aliphatic carbocycles. The van der Waals surface area contributed by atoms with Gasteiger partial charge in [0.15, 0.2) is 0 Å². The molecule has 2 rings (SSSR count). The molecule has 2 heterocycles. The van der Waals surface area contributed by atoms with Gasteiger partial charge in [-0.15, -0.1) is 0 Å². The summed E-state index contributed by atoms with van der Waals surface area (Å²) in [6, 6.07) is 0. The van der Waals surface area contributed by atoms with Crippen molar-refractivity contribution in [1.82, 2.24) is 9.80 Å². The molecule has 2 aliphatic heterocycles. The fourth-order valence-electron chi connectivity index (χ4n) is 3.09. The summed E-state index contributed by atoms with van der Waals surface area (Å²) < 4.78 is 5.20. The van der Waals surface area contributed by atoms with E-state index in [4.69, 9.17) is 4.74 Å². The molecule has 22 heavy (non-hydrogen) atoms. The quantitative estimate of drug-likeness (QED) is 0.859. The molecule has 0 radical (unpaired) electrons. The zero-order valence-corrected chi connectivity index (χ0v) is 13.7. The summed E-state index contributed by atoms with van der Waals surface area (Å²) in [7, 11) is 0. The summed E-state index contributed by atoms with van der Waals surface area (Å²) in [5.74, 6) is 0.539. The van der Waals surface area contributed by atoms with Crippen LogP contribution in [-0.2, 0) is 9.53 Å². The second-order valence-electron chi connectivity index (χ2n) is 6.68. The van der Waals surface area contributed by atoms with Crippen molar-refractivity contribution in [1.29, 1.82) is 0 Å². The third kappa shape index (κ3) is 4.87. The Hall–Kier alpha value is -1.30. The number of carbonyl (C=O) groups excluding carboxylic acids is 2. The van der Waals surface area contributed by atoms with E-state index in [0.717, 1.165) is 12.8 Å². The first-order valence-electron chi connectivity index (χ1n) is 8.37. The van der Waals surface area contributed by atoms with E-state index in [9.17, 15) is 14.7 Å². The SMILES string of the molecule is CC(C)OC(=O)N1CCC(CC(=O)N2CCC(O)CC2)CC1. The molecule has 0 atom stereocenters. The minimum atomic E-state index is -0.251. The molecule has 126 valence electrons. The average Bonchev–Trinajstić information content (AvgIpc) is 2.48. The van der Waals surface area contributed by atoms with Crippen molar-refractivity contribution in [3.05, 3.63) is 0 Å². The van der Waals surface area contributed by atoms with E-state index in [2.05, 4.69) is 0 Å². The number of piperidine rings is 2. The highest BCUT2D eigenvalue weighted by molar-refractivity contribution is 5.76. The molecule has 1 N–H and O–H groups in total. The van der Waals surface area contributed by atoms with Crippen molar-refractivity contribution >= 4 is 12.0 Å². The number of hydrogen-bond donors (Lipinski definition) is 1. The lowest BCUT2D eigenvalue weighted by molar-refractivity contribution is -0.134. The Morgan fingerprint density at radius 3 is 2.14 bits per heavy atom. The van der Waals surface area contributed by atoms with Gasteiger partial charge in [0.25, 0.3) is 0 Å². The van der Waals surface area contributed by atoms with Gasteiger partial charge in [-0.25, -0.2) is 4.79 Å². The highest BCUT2D eigenvalue weighted by atomic mass is 16.6. The van der Waals surface area contributed by atoms with Gasteiger partial charge in [0, 0.05) is 32.6 Å². The van der Waals surface area contributed by atoms with E-state index in [1.54, 1.807) is 4.90 Å². The van der Waals surface area contributed by atoms with Gasteiger partial charge in [-0.2, -0.15) is 0 Å². The number of likely N-dealkylation sites (tertiary alicyclic amines) is 2. The number of ether oxygens (including phenoxy) is 1. The number of hydrogen-bond acceptors (Lipinski definition) is 4. The van der Waals surface area contributed by atoms with Crippen LogP contribution in [0.15, 0.2) is 0 Å². The Kier molecular flexibility index (Phi) is 6.06. The number of carbonyl (C=O) groups is 2. The molecule has 0 bridgehead atoms. The van der Waals surface area contributed by atoms with Crippen LogP contribution in [0.2, 0.25) is 0 Å². The summed E-state index contributed by atoms with van der Waals surface area (Å²) >= 11 is 0. The van der Waals surface area contributed by atoms with Crippen LogP contribution in [0.5, 0.6) is 0 Å². The van der Waals surface area contributed by atoms with Crippen LogP contribution < -0.4 is 0 Å². The van der Waals surface area contributed by atoms with E-state index in [1.807, 2.05) is 18.7 Å². The van der Waals surface area contributed by atoms with Gasteiger partial charge in [0.05, 0.1) is 12.2 Å². The van der Waals surface area contributed by atoms with Crippen LogP contribution in [-0.4, -0.2) is 65.3 Å². The van der Waals surface area contributed by atoms with Crippen LogP contribution in [0.3, 0.4) is 0 Å². The summed E-state index contributed by atoms with van der Waals surface area (Å²) in [4.78, 5) is 27.7. The van der Waals surface area contributed by atoms with Crippen molar-refractivity contribution < 1.29 is 19.4 Å². The largest absolute Gasteiger partial charge is 0.447 e.